The zero-order valence-electron chi connectivity index (χ0n) is 16.1. The summed E-state index contributed by atoms with van der Waals surface area (Å²) in [4.78, 5) is 0. The lowest BCUT2D eigenvalue weighted by atomic mass is 9.91. The predicted octanol–water partition coefficient (Wildman–Crippen LogP) is 8.73. The molecule has 0 amide bonds. The topological polar surface area (TPSA) is 13.1 Å². The number of hydrogen-bond donors (Lipinski definition) is 0. The van der Waals surface area contributed by atoms with E-state index in [1.807, 2.05) is 30.3 Å². The van der Waals surface area contributed by atoms with Crippen LogP contribution < -0.4 is 0 Å². The number of benzene rings is 5. The molecule has 0 spiro atoms. The van der Waals surface area contributed by atoms with E-state index in [0.717, 1.165) is 32.5 Å². The van der Waals surface area contributed by atoms with E-state index in [2.05, 4.69) is 72.8 Å². The van der Waals surface area contributed by atoms with Gasteiger partial charge in [-0.3, -0.25) is 0 Å². The van der Waals surface area contributed by atoms with E-state index >= 15 is 0 Å². The highest BCUT2D eigenvalue weighted by Crippen LogP contribution is 2.39. The molecule has 2 heteroatoms. The smallest absolute Gasteiger partial charge is 0.135 e. The van der Waals surface area contributed by atoms with Crippen LogP contribution in [0.4, 0.5) is 0 Å². The average molecular weight is 405 g/mol. The summed E-state index contributed by atoms with van der Waals surface area (Å²) in [6.07, 6.45) is 0. The molecule has 0 atom stereocenters. The lowest BCUT2D eigenvalue weighted by Crippen LogP contribution is -1.86. The number of fused-ring (bicyclic) bond motifs is 4. The summed E-state index contributed by atoms with van der Waals surface area (Å²) in [6.45, 7) is 0. The SMILES string of the molecule is Clc1cccc(-c2cccc3cccc(-c4ccc5oc6ccccc6c5c4)c23)c1. The van der Waals surface area contributed by atoms with Gasteiger partial charge in [0.1, 0.15) is 11.2 Å². The van der Waals surface area contributed by atoms with Crippen molar-refractivity contribution in [1.82, 2.24) is 0 Å². The van der Waals surface area contributed by atoms with Gasteiger partial charge in [-0.1, -0.05) is 84.4 Å². The van der Waals surface area contributed by atoms with Gasteiger partial charge in [0, 0.05) is 15.8 Å². The summed E-state index contributed by atoms with van der Waals surface area (Å²) >= 11 is 6.30. The maximum atomic E-state index is 6.30. The maximum absolute atomic E-state index is 6.30. The Bertz CT molecular complexity index is 1550. The standard InChI is InChI=1S/C28H17ClO/c29-21-9-3-8-19(16-21)22-11-4-6-18-7-5-12-23(28(18)22)20-14-15-27-25(17-20)24-10-1-2-13-26(24)30-27/h1-17H. The predicted molar refractivity (Wildman–Crippen MR) is 127 cm³/mol. The second-order valence-electron chi connectivity index (χ2n) is 7.53. The Kier molecular flexibility index (Phi) is 3.90. The zero-order chi connectivity index (χ0) is 20.1. The van der Waals surface area contributed by atoms with Crippen molar-refractivity contribution in [2.45, 2.75) is 0 Å². The Balaban J connectivity index is 1.66. The van der Waals surface area contributed by atoms with Crippen LogP contribution >= 0.6 is 11.6 Å². The number of para-hydroxylation sites is 1. The molecule has 6 rings (SSSR count). The first-order valence-corrected chi connectivity index (χ1v) is 10.3. The summed E-state index contributed by atoms with van der Waals surface area (Å²) in [5, 5.41) is 5.47. The molecule has 0 aliphatic rings. The van der Waals surface area contributed by atoms with Crippen molar-refractivity contribution in [3.8, 4) is 22.3 Å². The molecule has 0 aliphatic carbocycles. The van der Waals surface area contributed by atoms with Crippen molar-refractivity contribution in [3.63, 3.8) is 0 Å². The molecular weight excluding hydrogens is 388 g/mol. The highest BCUT2D eigenvalue weighted by atomic mass is 35.5. The highest BCUT2D eigenvalue weighted by molar-refractivity contribution is 6.31. The number of hydrogen-bond acceptors (Lipinski definition) is 1. The van der Waals surface area contributed by atoms with Gasteiger partial charge in [-0.05, 0) is 63.4 Å². The van der Waals surface area contributed by atoms with Crippen LogP contribution in [-0.4, -0.2) is 0 Å². The normalized spacial score (nSPS) is 11.5. The van der Waals surface area contributed by atoms with E-state index in [4.69, 9.17) is 16.0 Å². The van der Waals surface area contributed by atoms with Crippen LogP contribution in [0.25, 0.3) is 55.0 Å². The zero-order valence-corrected chi connectivity index (χ0v) is 16.9. The first-order chi connectivity index (χ1) is 14.8. The van der Waals surface area contributed by atoms with Gasteiger partial charge >= 0.3 is 0 Å². The quantitative estimate of drug-likeness (QED) is 0.281. The lowest BCUT2D eigenvalue weighted by Gasteiger charge is -2.13. The third-order valence-electron chi connectivity index (χ3n) is 5.73. The van der Waals surface area contributed by atoms with Crippen LogP contribution in [0, 0.1) is 0 Å². The summed E-state index contributed by atoms with van der Waals surface area (Å²) in [5.74, 6) is 0. The number of rotatable bonds is 2. The third kappa shape index (κ3) is 2.71. The molecular formula is C28H17ClO. The molecule has 142 valence electrons. The molecule has 0 saturated heterocycles. The summed E-state index contributed by atoms with van der Waals surface area (Å²) in [5.41, 5.74) is 6.51. The first kappa shape index (κ1) is 17.3. The van der Waals surface area contributed by atoms with Crippen LogP contribution in [0.1, 0.15) is 0 Å². The molecule has 30 heavy (non-hydrogen) atoms. The second kappa shape index (κ2) is 6.76. The summed E-state index contributed by atoms with van der Waals surface area (Å²) in [6, 6.07) is 35.6. The monoisotopic (exact) mass is 404 g/mol. The van der Waals surface area contributed by atoms with Gasteiger partial charge < -0.3 is 4.42 Å². The van der Waals surface area contributed by atoms with Crippen LogP contribution in [-0.2, 0) is 0 Å². The van der Waals surface area contributed by atoms with Crippen LogP contribution in [0.15, 0.2) is 108 Å². The summed E-state index contributed by atoms with van der Waals surface area (Å²) < 4.78 is 6.02. The fraction of sp³-hybridized carbons (Fsp3) is 0. The van der Waals surface area contributed by atoms with Crippen molar-refractivity contribution in [1.29, 1.82) is 0 Å². The first-order valence-electron chi connectivity index (χ1n) is 9.97. The summed E-state index contributed by atoms with van der Waals surface area (Å²) in [7, 11) is 0. The molecule has 0 radical (unpaired) electrons. The van der Waals surface area contributed by atoms with E-state index in [-0.39, 0.29) is 0 Å². The highest BCUT2D eigenvalue weighted by Gasteiger charge is 2.13. The Hall–Kier alpha value is -3.55. The van der Waals surface area contributed by atoms with Crippen LogP contribution in [0.2, 0.25) is 5.02 Å². The van der Waals surface area contributed by atoms with Gasteiger partial charge in [0.15, 0.2) is 0 Å². The minimum atomic E-state index is 0.744. The molecule has 5 aromatic carbocycles. The molecule has 1 aromatic heterocycles. The van der Waals surface area contributed by atoms with Crippen molar-refractivity contribution >= 4 is 44.3 Å². The lowest BCUT2D eigenvalue weighted by molar-refractivity contribution is 0.669. The van der Waals surface area contributed by atoms with E-state index in [1.165, 1.54) is 27.5 Å². The fourth-order valence-corrected chi connectivity index (χ4v) is 4.56. The van der Waals surface area contributed by atoms with Crippen molar-refractivity contribution in [2.24, 2.45) is 0 Å². The maximum Gasteiger partial charge on any atom is 0.135 e. The Morgan fingerprint density at radius 1 is 0.533 bits per heavy atom. The molecule has 0 saturated carbocycles. The van der Waals surface area contributed by atoms with Crippen molar-refractivity contribution < 1.29 is 4.42 Å². The Morgan fingerprint density at radius 3 is 2.03 bits per heavy atom. The van der Waals surface area contributed by atoms with Gasteiger partial charge in [0.2, 0.25) is 0 Å². The minimum Gasteiger partial charge on any atom is -0.456 e. The molecule has 0 N–H and O–H groups in total. The van der Waals surface area contributed by atoms with E-state index < -0.39 is 0 Å². The molecule has 1 heterocycles. The molecule has 0 unspecified atom stereocenters. The van der Waals surface area contributed by atoms with Gasteiger partial charge in [-0.25, -0.2) is 0 Å². The molecule has 0 fully saturated rings. The average Bonchev–Trinajstić information content (AvgIpc) is 3.16. The van der Waals surface area contributed by atoms with E-state index in [9.17, 15) is 0 Å². The Labute approximate surface area is 179 Å². The van der Waals surface area contributed by atoms with Gasteiger partial charge in [0.05, 0.1) is 0 Å². The largest absolute Gasteiger partial charge is 0.456 e. The van der Waals surface area contributed by atoms with Crippen LogP contribution in [0.5, 0.6) is 0 Å². The second-order valence-corrected chi connectivity index (χ2v) is 7.97. The molecule has 0 bridgehead atoms. The van der Waals surface area contributed by atoms with Crippen LogP contribution in [0.3, 0.4) is 0 Å². The molecule has 6 aromatic rings. The van der Waals surface area contributed by atoms with Crippen molar-refractivity contribution in [2.75, 3.05) is 0 Å². The Morgan fingerprint density at radius 2 is 1.23 bits per heavy atom. The minimum absolute atomic E-state index is 0.744. The van der Waals surface area contributed by atoms with Gasteiger partial charge in [0.25, 0.3) is 0 Å². The molecule has 0 aliphatic heterocycles. The third-order valence-corrected chi connectivity index (χ3v) is 5.96. The fourth-order valence-electron chi connectivity index (χ4n) is 4.37. The number of halogens is 1. The van der Waals surface area contributed by atoms with Gasteiger partial charge in [-0.2, -0.15) is 0 Å². The van der Waals surface area contributed by atoms with Gasteiger partial charge in [-0.15, -0.1) is 0 Å². The molecule has 1 nitrogen and oxygen atoms in total. The van der Waals surface area contributed by atoms with Crippen molar-refractivity contribution in [3.05, 3.63) is 108 Å². The number of furan rings is 1. The van der Waals surface area contributed by atoms with E-state index in [0.29, 0.717) is 0 Å². The van der Waals surface area contributed by atoms with E-state index in [1.54, 1.807) is 0 Å².